The Hall–Kier alpha value is -1.86. The van der Waals surface area contributed by atoms with Gasteiger partial charge in [0.2, 0.25) is 0 Å². The molecule has 1 aliphatic carbocycles. The Labute approximate surface area is 99.4 Å². The molecule has 0 aliphatic heterocycles. The van der Waals surface area contributed by atoms with E-state index in [1.54, 1.807) is 18.2 Å². The van der Waals surface area contributed by atoms with Gasteiger partial charge in [0.25, 0.3) is 0 Å². The third-order valence-electron chi connectivity index (χ3n) is 3.32. The van der Waals surface area contributed by atoms with Crippen molar-refractivity contribution in [1.29, 1.82) is 5.26 Å². The van der Waals surface area contributed by atoms with Crippen LogP contribution in [-0.4, -0.2) is 24.3 Å². The fourth-order valence-corrected chi connectivity index (χ4v) is 2.30. The molecule has 1 unspecified atom stereocenters. The minimum atomic E-state index is -0.952. The van der Waals surface area contributed by atoms with Crippen LogP contribution >= 0.6 is 0 Å². The van der Waals surface area contributed by atoms with Crippen molar-refractivity contribution in [3.63, 3.8) is 0 Å². The van der Waals surface area contributed by atoms with Crippen LogP contribution in [0.5, 0.6) is 0 Å². The standard InChI is InChI=1S/C13H13NO3/c1-17-11(12(15)16)13(5-6-13)10-4-2-3-9(7-10)8-14/h2-4,7,11H,5-6H2,1H3,(H,15,16). The normalized spacial score (nSPS) is 18.1. The summed E-state index contributed by atoms with van der Waals surface area (Å²) in [5.74, 6) is -0.952. The van der Waals surface area contributed by atoms with E-state index in [4.69, 9.17) is 15.1 Å². The highest BCUT2D eigenvalue weighted by Gasteiger charge is 2.54. The minimum absolute atomic E-state index is 0.451. The smallest absolute Gasteiger partial charge is 0.333 e. The number of hydrogen-bond acceptors (Lipinski definition) is 3. The molecule has 0 heterocycles. The topological polar surface area (TPSA) is 70.3 Å². The van der Waals surface area contributed by atoms with Gasteiger partial charge in [-0.25, -0.2) is 4.79 Å². The van der Waals surface area contributed by atoms with E-state index in [1.807, 2.05) is 6.07 Å². The molecule has 0 radical (unpaired) electrons. The van der Waals surface area contributed by atoms with Gasteiger partial charge in [-0.15, -0.1) is 0 Å². The van der Waals surface area contributed by atoms with E-state index in [0.29, 0.717) is 5.56 Å². The molecule has 1 aliphatic rings. The van der Waals surface area contributed by atoms with Crippen molar-refractivity contribution in [2.45, 2.75) is 24.4 Å². The van der Waals surface area contributed by atoms with E-state index in [2.05, 4.69) is 6.07 Å². The van der Waals surface area contributed by atoms with Crippen molar-refractivity contribution < 1.29 is 14.6 Å². The number of aliphatic carboxylic acids is 1. The highest BCUT2D eigenvalue weighted by molar-refractivity contribution is 5.76. The maximum Gasteiger partial charge on any atom is 0.333 e. The zero-order valence-corrected chi connectivity index (χ0v) is 9.51. The summed E-state index contributed by atoms with van der Waals surface area (Å²) in [5.41, 5.74) is 0.979. The fourth-order valence-electron chi connectivity index (χ4n) is 2.30. The van der Waals surface area contributed by atoms with Gasteiger partial charge < -0.3 is 9.84 Å². The van der Waals surface area contributed by atoms with E-state index in [0.717, 1.165) is 18.4 Å². The highest BCUT2D eigenvalue weighted by Crippen LogP contribution is 2.52. The SMILES string of the molecule is COC(C(=O)O)C1(c2cccc(C#N)c2)CC1. The minimum Gasteiger partial charge on any atom is -0.479 e. The summed E-state index contributed by atoms with van der Waals surface area (Å²) >= 11 is 0. The number of carboxylic acid groups (broad SMARTS) is 1. The van der Waals surface area contributed by atoms with E-state index in [-0.39, 0.29) is 0 Å². The van der Waals surface area contributed by atoms with Crippen LogP contribution < -0.4 is 0 Å². The third-order valence-corrected chi connectivity index (χ3v) is 3.32. The fraction of sp³-hybridized carbons (Fsp3) is 0.385. The molecule has 0 amide bonds. The van der Waals surface area contributed by atoms with Gasteiger partial charge in [-0.1, -0.05) is 12.1 Å². The number of carbonyl (C=O) groups is 1. The molecule has 0 saturated heterocycles. The van der Waals surface area contributed by atoms with Gasteiger partial charge in [0.05, 0.1) is 11.6 Å². The number of nitriles is 1. The largest absolute Gasteiger partial charge is 0.479 e. The Morgan fingerprint density at radius 3 is 2.76 bits per heavy atom. The van der Waals surface area contributed by atoms with Crippen molar-refractivity contribution in [2.24, 2.45) is 0 Å². The first-order chi connectivity index (χ1) is 8.14. The van der Waals surface area contributed by atoms with Gasteiger partial charge in [0.1, 0.15) is 0 Å². The molecule has 4 nitrogen and oxygen atoms in total. The molecule has 1 N–H and O–H groups in total. The second-order valence-corrected chi connectivity index (χ2v) is 4.30. The molecule has 0 spiro atoms. The monoisotopic (exact) mass is 231 g/mol. The van der Waals surface area contributed by atoms with Gasteiger partial charge in [-0.3, -0.25) is 0 Å². The second-order valence-electron chi connectivity index (χ2n) is 4.30. The van der Waals surface area contributed by atoms with Gasteiger partial charge in [0.15, 0.2) is 6.10 Å². The molecule has 1 fully saturated rings. The lowest BCUT2D eigenvalue weighted by atomic mass is 9.89. The lowest BCUT2D eigenvalue weighted by molar-refractivity contribution is -0.150. The molecular formula is C13H13NO3. The van der Waals surface area contributed by atoms with Gasteiger partial charge in [-0.05, 0) is 30.5 Å². The molecule has 4 heteroatoms. The van der Waals surface area contributed by atoms with E-state index in [9.17, 15) is 4.79 Å². The van der Waals surface area contributed by atoms with E-state index in [1.165, 1.54) is 7.11 Å². The molecule has 0 bridgehead atoms. The summed E-state index contributed by atoms with van der Waals surface area (Å²) < 4.78 is 5.08. The number of methoxy groups -OCH3 is 1. The number of ether oxygens (including phenoxy) is 1. The molecule has 1 atom stereocenters. The van der Waals surface area contributed by atoms with Crippen LogP contribution in [0.3, 0.4) is 0 Å². The number of benzene rings is 1. The Balaban J connectivity index is 2.38. The average molecular weight is 231 g/mol. The first kappa shape index (κ1) is 11.6. The number of nitrogens with zero attached hydrogens (tertiary/aromatic N) is 1. The molecule has 17 heavy (non-hydrogen) atoms. The quantitative estimate of drug-likeness (QED) is 0.856. The molecule has 1 aromatic carbocycles. The zero-order valence-electron chi connectivity index (χ0n) is 9.51. The van der Waals surface area contributed by atoms with Crippen molar-refractivity contribution in [1.82, 2.24) is 0 Å². The van der Waals surface area contributed by atoms with Crippen LogP contribution in [0.2, 0.25) is 0 Å². The Kier molecular flexibility index (Phi) is 2.86. The number of rotatable bonds is 4. The first-order valence-electron chi connectivity index (χ1n) is 5.40. The summed E-state index contributed by atoms with van der Waals surface area (Å²) in [6.07, 6.45) is 0.732. The maximum atomic E-state index is 11.2. The van der Waals surface area contributed by atoms with Crippen LogP contribution in [0.25, 0.3) is 0 Å². The van der Waals surface area contributed by atoms with Crippen LogP contribution in [0.1, 0.15) is 24.0 Å². The van der Waals surface area contributed by atoms with Crippen LogP contribution in [0.4, 0.5) is 0 Å². The summed E-state index contributed by atoms with van der Waals surface area (Å²) in [7, 11) is 1.41. The summed E-state index contributed by atoms with van der Waals surface area (Å²) in [4.78, 5) is 11.2. The predicted octanol–water partition coefficient (Wildman–Crippen LogP) is 1.69. The van der Waals surface area contributed by atoms with Crippen molar-refractivity contribution in [3.8, 4) is 6.07 Å². The number of carboxylic acids is 1. The van der Waals surface area contributed by atoms with Crippen molar-refractivity contribution in [2.75, 3.05) is 7.11 Å². The molecule has 2 rings (SSSR count). The molecule has 88 valence electrons. The van der Waals surface area contributed by atoms with E-state index < -0.39 is 17.5 Å². The van der Waals surface area contributed by atoms with Gasteiger partial charge in [0, 0.05) is 12.5 Å². The van der Waals surface area contributed by atoms with Crippen LogP contribution in [0, 0.1) is 11.3 Å². The predicted molar refractivity (Wildman–Crippen MR) is 60.5 cm³/mol. The maximum absolute atomic E-state index is 11.2. The van der Waals surface area contributed by atoms with Crippen LogP contribution in [0.15, 0.2) is 24.3 Å². The molecule has 0 aromatic heterocycles. The van der Waals surface area contributed by atoms with Crippen LogP contribution in [-0.2, 0) is 14.9 Å². The number of hydrogen-bond donors (Lipinski definition) is 1. The first-order valence-corrected chi connectivity index (χ1v) is 5.40. The molecular weight excluding hydrogens is 218 g/mol. The summed E-state index contributed by atoms with van der Waals surface area (Å²) in [6.45, 7) is 0. The molecule has 1 saturated carbocycles. The van der Waals surface area contributed by atoms with Gasteiger partial charge >= 0.3 is 5.97 Å². The lowest BCUT2D eigenvalue weighted by Gasteiger charge is -2.22. The van der Waals surface area contributed by atoms with Crippen molar-refractivity contribution >= 4 is 5.97 Å². The average Bonchev–Trinajstić information content (AvgIpc) is 3.11. The third kappa shape index (κ3) is 1.90. The zero-order chi connectivity index (χ0) is 12.5. The summed E-state index contributed by atoms with van der Waals surface area (Å²) in [6, 6.07) is 9.17. The Bertz CT molecular complexity index is 486. The van der Waals surface area contributed by atoms with E-state index >= 15 is 0 Å². The highest BCUT2D eigenvalue weighted by atomic mass is 16.5. The molecule has 1 aromatic rings. The van der Waals surface area contributed by atoms with Gasteiger partial charge in [-0.2, -0.15) is 5.26 Å². The van der Waals surface area contributed by atoms with Crippen molar-refractivity contribution in [3.05, 3.63) is 35.4 Å². The Morgan fingerprint density at radius 2 is 2.29 bits per heavy atom. The Morgan fingerprint density at radius 1 is 1.59 bits per heavy atom. The lowest BCUT2D eigenvalue weighted by Crippen LogP contribution is -2.35. The second kappa shape index (κ2) is 4.19. The summed E-state index contributed by atoms with van der Waals surface area (Å²) in [5, 5.41) is 18.0.